The molecular weight excluding hydrogens is 159 g/mol. The first-order chi connectivity index (χ1) is 5.84. The predicted octanol–water partition coefficient (Wildman–Crippen LogP) is 0.571. The lowest BCUT2D eigenvalue weighted by Crippen LogP contribution is -2.50. The molecule has 0 aromatic carbocycles. The second kappa shape index (κ2) is 3.06. The Morgan fingerprint density at radius 1 is 1.50 bits per heavy atom. The van der Waals surface area contributed by atoms with Crippen molar-refractivity contribution >= 4 is 0 Å². The molecule has 0 atom stereocenters. The molecule has 4 heteroatoms. The van der Waals surface area contributed by atoms with Crippen LogP contribution in [0.1, 0.15) is 0 Å². The van der Waals surface area contributed by atoms with Crippen molar-refractivity contribution in [2.75, 3.05) is 13.1 Å². The van der Waals surface area contributed by atoms with E-state index in [1.807, 2.05) is 0 Å². The lowest BCUT2D eigenvalue weighted by atomic mass is 10.2. The van der Waals surface area contributed by atoms with Crippen LogP contribution in [0.4, 0.5) is 4.39 Å². The zero-order chi connectivity index (χ0) is 8.39. The highest BCUT2D eigenvalue weighted by Gasteiger charge is 2.18. The second-order valence-corrected chi connectivity index (χ2v) is 2.71. The van der Waals surface area contributed by atoms with Gasteiger partial charge in [-0.15, -0.1) is 0 Å². The first kappa shape index (κ1) is 7.49. The zero-order valence-electron chi connectivity index (χ0n) is 6.46. The van der Waals surface area contributed by atoms with Crippen molar-refractivity contribution in [2.24, 2.45) is 0 Å². The van der Waals surface area contributed by atoms with E-state index >= 15 is 0 Å². The largest absolute Gasteiger partial charge is 0.472 e. The predicted molar refractivity (Wildman–Crippen MR) is 41.5 cm³/mol. The average Bonchev–Trinajstić information content (AvgIpc) is 2.00. The summed E-state index contributed by atoms with van der Waals surface area (Å²) in [5.74, 6) is 0.150. The summed E-state index contributed by atoms with van der Waals surface area (Å²) in [5, 5.41) is 3.07. The van der Waals surface area contributed by atoms with Crippen LogP contribution in [-0.4, -0.2) is 24.2 Å². The minimum atomic E-state index is -0.339. The van der Waals surface area contributed by atoms with Gasteiger partial charge in [0.25, 0.3) is 0 Å². The third-order valence-corrected chi connectivity index (χ3v) is 1.73. The average molecular weight is 168 g/mol. The Morgan fingerprint density at radius 2 is 2.33 bits per heavy atom. The molecule has 2 rings (SSSR count). The first-order valence-electron chi connectivity index (χ1n) is 3.83. The lowest BCUT2D eigenvalue weighted by Gasteiger charge is -2.26. The highest BCUT2D eigenvalue weighted by Crippen LogP contribution is 2.10. The number of hydrogen-bond acceptors (Lipinski definition) is 3. The molecule has 1 aromatic rings. The van der Waals surface area contributed by atoms with Crippen molar-refractivity contribution in [3.8, 4) is 5.88 Å². The Balaban J connectivity index is 1.98. The fourth-order valence-electron chi connectivity index (χ4n) is 0.948. The van der Waals surface area contributed by atoms with Crippen LogP contribution < -0.4 is 10.1 Å². The number of aromatic nitrogens is 1. The third kappa shape index (κ3) is 1.53. The number of hydrogen-bond donors (Lipinski definition) is 1. The van der Waals surface area contributed by atoms with Gasteiger partial charge in [0.15, 0.2) is 0 Å². The van der Waals surface area contributed by atoms with Crippen LogP contribution in [0.3, 0.4) is 0 Å². The van der Waals surface area contributed by atoms with E-state index in [1.165, 1.54) is 12.1 Å². The summed E-state index contributed by atoms with van der Waals surface area (Å²) in [7, 11) is 0. The van der Waals surface area contributed by atoms with Gasteiger partial charge in [0.1, 0.15) is 11.9 Å². The monoisotopic (exact) mass is 168 g/mol. The van der Waals surface area contributed by atoms with Crippen molar-refractivity contribution in [3.05, 3.63) is 24.1 Å². The summed E-state index contributed by atoms with van der Waals surface area (Å²) in [6, 6.07) is 2.88. The zero-order valence-corrected chi connectivity index (χ0v) is 6.46. The minimum Gasteiger partial charge on any atom is -0.472 e. The molecule has 0 radical (unpaired) electrons. The molecule has 1 saturated heterocycles. The maximum atomic E-state index is 12.4. The molecule has 1 N–H and O–H groups in total. The van der Waals surface area contributed by atoms with Crippen LogP contribution in [-0.2, 0) is 0 Å². The molecule has 3 nitrogen and oxygen atoms in total. The van der Waals surface area contributed by atoms with E-state index in [9.17, 15) is 4.39 Å². The molecule has 0 amide bonds. The molecule has 64 valence electrons. The van der Waals surface area contributed by atoms with Gasteiger partial charge in [0, 0.05) is 19.2 Å². The van der Waals surface area contributed by atoms with Gasteiger partial charge in [0.05, 0.1) is 6.20 Å². The molecule has 0 bridgehead atoms. The van der Waals surface area contributed by atoms with Crippen molar-refractivity contribution in [1.82, 2.24) is 10.3 Å². The van der Waals surface area contributed by atoms with Gasteiger partial charge in [-0.2, -0.15) is 0 Å². The van der Waals surface area contributed by atoms with Gasteiger partial charge in [-0.3, -0.25) is 0 Å². The molecule has 1 aliphatic heterocycles. The Morgan fingerprint density at radius 3 is 2.83 bits per heavy atom. The van der Waals surface area contributed by atoms with Crippen molar-refractivity contribution < 1.29 is 9.13 Å². The maximum absolute atomic E-state index is 12.4. The van der Waals surface area contributed by atoms with E-state index in [0.29, 0.717) is 5.88 Å². The number of ether oxygens (including phenoxy) is 1. The SMILES string of the molecule is Fc1ccc(OC2CNC2)nc1. The molecule has 12 heavy (non-hydrogen) atoms. The summed E-state index contributed by atoms with van der Waals surface area (Å²) < 4.78 is 17.8. The van der Waals surface area contributed by atoms with E-state index in [4.69, 9.17) is 4.74 Å². The maximum Gasteiger partial charge on any atom is 0.213 e. The van der Waals surface area contributed by atoms with Crippen molar-refractivity contribution in [1.29, 1.82) is 0 Å². The van der Waals surface area contributed by atoms with Gasteiger partial charge in [-0.05, 0) is 6.07 Å². The molecule has 0 aliphatic carbocycles. The van der Waals surface area contributed by atoms with Crippen LogP contribution in [0.25, 0.3) is 0 Å². The number of nitrogens with zero attached hydrogens (tertiary/aromatic N) is 1. The fourth-order valence-corrected chi connectivity index (χ4v) is 0.948. The Hall–Kier alpha value is -1.16. The van der Waals surface area contributed by atoms with Gasteiger partial charge in [-0.1, -0.05) is 0 Å². The lowest BCUT2D eigenvalue weighted by molar-refractivity contribution is 0.136. The number of nitrogens with one attached hydrogen (secondary N) is 1. The van der Waals surface area contributed by atoms with Crippen LogP contribution >= 0.6 is 0 Å². The van der Waals surface area contributed by atoms with Crippen molar-refractivity contribution in [2.45, 2.75) is 6.10 Å². The van der Waals surface area contributed by atoms with E-state index < -0.39 is 0 Å². The van der Waals surface area contributed by atoms with Crippen LogP contribution in [0.5, 0.6) is 5.88 Å². The number of rotatable bonds is 2. The topological polar surface area (TPSA) is 34.1 Å². The quantitative estimate of drug-likeness (QED) is 0.701. The van der Waals surface area contributed by atoms with E-state index in [1.54, 1.807) is 0 Å². The smallest absolute Gasteiger partial charge is 0.213 e. The van der Waals surface area contributed by atoms with Crippen LogP contribution in [0.2, 0.25) is 0 Å². The molecule has 1 aromatic heterocycles. The summed E-state index contributed by atoms with van der Waals surface area (Å²) in [4.78, 5) is 3.78. The summed E-state index contributed by atoms with van der Waals surface area (Å²) in [6.07, 6.45) is 1.35. The highest BCUT2D eigenvalue weighted by molar-refractivity contribution is 5.11. The summed E-state index contributed by atoms with van der Waals surface area (Å²) in [5.41, 5.74) is 0. The Bertz CT molecular complexity index is 258. The molecule has 0 saturated carbocycles. The van der Waals surface area contributed by atoms with Gasteiger partial charge in [0.2, 0.25) is 5.88 Å². The molecule has 2 heterocycles. The van der Waals surface area contributed by atoms with Gasteiger partial charge < -0.3 is 10.1 Å². The molecule has 0 spiro atoms. The van der Waals surface area contributed by atoms with Crippen molar-refractivity contribution in [3.63, 3.8) is 0 Å². The molecular formula is C8H9FN2O. The summed E-state index contributed by atoms with van der Waals surface area (Å²) >= 11 is 0. The Labute approximate surface area is 69.6 Å². The minimum absolute atomic E-state index is 0.197. The standard InChI is InChI=1S/C8H9FN2O/c9-6-1-2-8(11-3-6)12-7-4-10-5-7/h1-3,7,10H,4-5H2. The van der Waals surface area contributed by atoms with E-state index in [0.717, 1.165) is 19.3 Å². The van der Waals surface area contributed by atoms with E-state index in [-0.39, 0.29) is 11.9 Å². The molecule has 0 unspecified atom stereocenters. The van der Waals surface area contributed by atoms with Crippen LogP contribution in [0.15, 0.2) is 18.3 Å². The highest BCUT2D eigenvalue weighted by atomic mass is 19.1. The van der Waals surface area contributed by atoms with Gasteiger partial charge in [-0.25, -0.2) is 9.37 Å². The summed E-state index contributed by atoms with van der Waals surface area (Å²) in [6.45, 7) is 1.69. The molecule has 1 aliphatic rings. The molecule has 1 fully saturated rings. The normalized spacial score (nSPS) is 17.1. The van der Waals surface area contributed by atoms with E-state index in [2.05, 4.69) is 10.3 Å². The second-order valence-electron chi connectivity index (χ2n) is 2.71. The third-order valence-electron chi connectivity index (χ3n) is 1.73. The van der Waals surface area contributed by atoms with Gasteiger partial charge >= 0.3 is 0 Å². The number of pyridine rings is 1. The van der Waals surface area contributed by atoms with Crippen LogP contribution in [0, 0.1) is 5.82 Å². The number of halogens is 1. The Kier molecular flexibility index (Phi) is 1.91. The first-order valence-corrected chi connectivity index (χ1v) is 3.83. The fraction of sp³-hybridized carbons (Fsp3) is 0.375.